The fourth-order valence-corrected chi connectivity index (χ4v) is 3.32. The number of alkyl halides is 2. The number of carbonyl (C=O) groups excluding carboxylic acids is 1. The average Bonchev–Trinajstić information content (AvgIpc) is 3.11. The molecule has 1 aromatic rings. The number of hydrogen-bond acceptors (Lipinski definition) is 7. The summed E-state index contributed by atoms with van der Waals surface area (Å²) >= 11 is 0. The molecule has 3 rings (SSSR count). The van der Waals surface area contributed by atoms with Crippen LogP contribution >= 0.6 is 0 Å². The van der Waals surface area contributed by atoms with E-state index in [1.165, 1.54) is 6.07 Å². The van der Waals surface area contributed by atoms with Crippen LogP contribution in [0.4, 0.5) is 14.6 Å². The number of nitrogens with zero attached hydrogens (tertiary/aromatic N) is 3. The molecule has 2 saturated heterocycles. The number of rotatable bonds is 7. The second-order valence-electron chi connectivity index (χ2n) is 6.73. The highest BCUT2D eigenvalue weighted by Gasteiger charge is 2.59. The fraction of sp³-hybridized carbons (Fsp3) is 0.688. The maximum absolute atomic E-state index is 14.4. The van der Waals surface area contributed by atoms with Crippen LogP contribution in [0.15, 0.2) is 17.1 Å². The number of ether oxygens (including phenoxy) is 1. The summed E-state index contributed by atoms with van der Waals surface area (Å²) in [6.07, 6.45) is -2.05. The van der Waals surface area contributed by atoms with Crippen molar-refractivity contribution in [1.29, 1.82) is 0 Å². The Balaban J connectivity index is 1.53. The van der Waals surface area contributed by atoms with E-state index in [4.69, 9.17) is 10.5 Å². The van der Waals surface area contributed by atoms with E-state index in [1.807, 2.05) is 0 Å². The lowest BCUT2D eigenvalue weighted by Crippen LogP contribution is -2.43. The number of nitrogens with one attached hydrogen (secondary N) is 1. The predicted molar refractivity (Wildman–Crippen MR) is 91.1 cm³/mol. The zero-order valence-corrected chi connectivity index (χ0v) is 14.7. The standard InChI is InChI=1S/C16H23F2N5O4/c17-16(18)13(25)10(9-20-5-2-7-22-6-1-3-12(22)24)27-14(16)23-8-4-11(19)21-15(23)26/h4,8,10,13-14,20,25H,1-3,5-7,9H2,(H2,19,21,26)/t10-,13-,14-/m1/s1. The number of aliphatic hydroxyl groups is 1. The van der Waals surface area contributed by atoms with Crippen LogP contribution in [0.2, 0.25) is 0 Å². The van der Waals surface area contributed by atoms with E-state index < -0.39 is 30.0 Å². The first-order valence-electron chi connectivity index (χ1n) is 8.85. The summed E-state index contributed by atoms with van der Waals surface area (Å²) in [6, 6.07) is 1.21. The number of carbonyl (C=O) groups is 1. The van der Waals surface area contributed by atoms with Gasteiger partial charge in [0.15, 0.2) is 0 Å². The highest BCUT2D eigenvalue weighted by Crippen LogP contribution is 2.41. The van der Waals surface area contributed by atoms with Gasteiger partial charge in [0.25, 0.3) is 0 Å². The van der Waals surface area contributed by atoms with Crippen LogP contribution in [0.25, 0.3) is 0 Å². The topological polar surface area (TPSA) is 123 Å². The van der Waals surface area contributed by atoms with Crippen LogP contribution in [0.1, 0.15) is 25.5 Å². The van der Waals surface area contributed by atoms with Crippen molar-refractivity contribution in [2.24, 2.45) is 0 Å². The molecule has 3 atom stereocenters. The van der Waals surface area contributed by atoms with E-state index in [0.29, 0.717) is 30.5 Å². The summed E-state index contributed by atoms with van der Waals surface area (Å²) in [4.78, 5) is 28.5. The van der Waals surface area contributed by atoms with Crippen molar-refractivity contribution in [2.75, 3.05) is 31.9 Å². The molecule has 9 nitrogen and oxygen atoms in total. The van der Waals surface area contributed by atoms with E-state index in [9.17, 15) is 23.5 Å². The number of nitrogen functional groups attached to an aromatic ring is 1. The van der Waals surface area contributed by atoms with Gasteiger partial charge in [-0.15, -0.1) is 0 Å². The van der Waals surface area contributed by atoms with E-state index in [2.05, 4.69) is 10.3 Å². The van der Waals surface area contributed by atoms with Crippen molar-refractivity contribution in [3.8, 4) is 0 Å². The molecule has 2 aliphatic heterocycles. The smallest absolute Gasteiger partial charge is 0.351 e. The molecule has 0 radical (unpaired) electrons. The zero-order valence-electron chi connectivity index (χ0n) is 14.7. The van der Waals surface area contributed by atoms with Gasteiger partial charge in [-0.3, -0.25) is 9.36 Å². The third-order valence-corrected chi connectivity index (χ3v) is 4.78. The molecule has 0 saturated carbocycles. The Kier molecular flexibility index (Phi) is 5.72. The van der Waals surface area contributed by atoms with Gasteiger partial charge in [0.05, 0.1) is 0 Å². The Bertz CT molecular complexity index is 744. The zero-order chi connectivity index (χ0) is 19.6. The van der Waals surface area contributed by atoms with Crippen LogP contribution in [0.5, 0.6) is 0 Å². The lowest BCUT2D eigenvalue weighted by molar-refractivity contribution is -0.140. The molecule has 11 heteroatoms. The Morgan fingerprint density at radius 3 is 2.89 bits per heavy atom. The maximum atomic E-state index is 14.4. The lowest BCUT2D eigenvalue weighted by atomic mass is 10.1. The van der Waals surface area contributed by atoms with Crippen LogP contribution in [0.3, 0.4) is 0 Å². The average molecular weight is 387 g/mol. The third kappa shape index (κ3) is 4.09. The minimum absolute atomic E-state index is 0.0155. The monoisotopic (exact) mass is 387 g/mol. The molecule has 1 aromatic heterocycles. The van der Waals surface area contributed by atoms with E-state index >= 15 is 0 Å². The first-order valence-corrected chi connectivity index (χ1v) is 8.85. The second kappa shape index (κ2) is 7.87. The summed E-state index contributed by atoms with van der Waals surface area (Å²) in [5.74, 6) is -3.61. The van der Waals surface area contributed by atoms with Crippen LogP contribution in [0, 0.1) is 0 Å². The molecule has 3 heterocycles. The highest BCUT2D eigenvalue weighted by molar-refractivity contribution is 5.77. The summed E-state index contributed by atoms with van der Waals surface area (Å²) in [6.45, 7) is 1.82. The largest absolute Gasteiger partial charge is 0.384 e. The Morgan fingerprint density at radius 2 is 2.22 bits per heavy atom. The molecule has 150 valence electrons. The van der Waals surface area contributed by atoms with Crippen molar-refractivity contribution in [1.82, 2.24) is 19.8 Å². The molecule has 0 spiro atoms. The van der Waals surface area contributed by atoms with Crippen molar-refractivity contribution < 1.29 is 23.4 Å². The Hall–Kier alpha value is -2.11. The molecule has 1 amide bonds. The summed E-state index contributed by atoms with van der Waals surface area (Å²) in [5.41, 5.74) is 4.38. The molecule has 2 fully saturated rings. The fourth-order valence-electron chi connectivity index (χ4n) is 3.32. The van der Waals surface area contributed by atoms with E-state index in [1.54, 1.807) is 4.90 Å². The highest BCUT2D eigenvalue weighted by atomic mass is 19.3. The van der Waals surface area contributed by atoms with E-state index in [0.717, 1.165) is 19.2 Å². The maximum Gasteiger partial charge on any atom is 0.351 e. The second-order valence-corrected chi connectivity index (χ2v) is 6.73. The van der Waals surface area contributed by atoms with Gasteiger partial charge in [0, 0.05) is 32.3 Å². The number of aromatic nitrogens is 2. The molecule has 0 aliphatic carbocycles. The van der Waals surface area contributed by atoms with Gasteiger partial charge in [0.1, 0.15) is 18.0 Å². The number of nitrogens with two attached hydrogens (primary N) is 1. The molecule has 27 heavy (non-hydrogen) atoms. The van der Waals surface area contributed by atoms with Crippen molar-refractivity contribution in [2.45, 2.75) is 43.6 Å². The van der Waals surface area contributed by atoms with Gasteiger partial charge < -0.3 is 25.8 Å². The number of amides is 1. The normalized spacial score (nSPS) is 27.4. The molecule has 2 aliphatic rings. The molecule has 0 bridgehead atoms. The van der Waals surface area contributed by atoms with Gasteiger partial charge in [-0.2, -0.15) is 13.8 Å². The van der Waals surface area contributed by atoms with E-state index in [-0.39, 0.29) is 18.3 Å². The van der Waals surface area contributed by atoms with Crippen LogP contribution in [-0.4, -0.2) is 69.8 Å². The minimum atomic E-state index is -3.66. The van der Waals surface area contributed by atoms with Gasteiger partial charge in [-0.25, -0.2) is 4.79 Å². The number of likely N-dealkylation sites (tertiary alicyclic amines) is 1. The summed E-state index contributed by atoms with van der Waals surface area (Å²) in [7, 11) is 0. The van der Waals surface area contributed by atoms with Crippen molar-refractivity contribution >= 4 is 11.7 Å². The van der Waals surface area contributed by atoms with Crippen molar-refractivity contribution in [3.05, 3.63) is 22.7 Å². The number of halogens is 2. The van der Waals surface area contributed by atoms with Gasteiger partial charge in [0.2, 0.25) is 12.1 Å². The molecule has 0 unspecified atom stereocenters. The molecular formula is C16H23F2N5O4. The lowest BCUT2D eigenvalue weighted by Gasteiger charge is -2.20. The number of hydrogen-bond donors (Lipinski definition) is 3. The van der Waals surface area contributed by atoms with Crippen molar-refractivity contribution in [3.63, 3.8) is 0 Å². The third-order valence-electron chi connectivity index (χ3n) is 4.78. The SMILES string of the molecule is Nc1ccn([C@@H]2O[C@H](CNCCCN3CCCC3=O)[C@@H](O)C2(F)F)c(=O)n1. The summed E-state index contributed by atoms with van der Waals surface area (Å²) in [5, 5.41) is 12.9. The van der Waals surface area contributed by atoms with Crippen LogP contribution in [-0.2, 0) is 9.53 Å². The Morgan fingerprint density at radius 1 is 1.44 bits per heavy atom. The van der Waals surface area contributed by atoms with Gasteiger partial charge >= 0.3 is 11.6 Å². The molecule has 0 aromatic carbocycles. The number of anilines is 1. The predicted octanol–water partition coefficient (Wildman–Crippen LogP) is -0.679. The first-order chi connectivity index (χ1) is 12.8. The Labute approximate surface area is 154 Å². The number of aliphatic hydroxyl groups excluding tert-OH is 1. The van der Waals surface area contributed by atoms with Crippen LogP contribution < -0.4 is 16.7 Å². The first kappa shape index (κ1) is 19.6. The van der Waals surface area contributed by atoms with Gasteiger partial charge in [-0.1, -0.05) is 0 Å². The van der Waals surface area contributed by atoms with Gasteiger partial charge in [-0.05, 0) is 25.5 Å². The minimum Gasteiger partial charge on any atom is -0.384 e. The molecule has 4 N–H and O–H groups in total. The summed E-state index contributed by atoms with van der Waals surface area (Å²) < 4.78 is 34.6. The molecular weight excluding hydrogens is 364 g/mol. The quantitative estimate of drug-likeness (QED) is 0.530.